The van der Waals surface area contributed by atoms with Crippen LogP contribution >= 0.6 is 0 Å². The average molecular weight is 371 g/mol. The lowest BCUT2D eigenvalue weighted by Crippen LogP contribution is -2.28. The van der Waals surface area contributed by atoms with Gasteiger partial charge in [-0.15, -0.1) is 0 Å². The standard InChI is InChI=1S/C19H21N3O3S/c23-26(24,15-7-10-16-8-3-1-4-9-16)20-14-13-18-21-19(22-25-18)17-11-5-2-6-12-17/h1-6,8-9,11-12,20H,7,10,13-15H2. The number of hydrogen-bond acceptors (Lipinski definition) is 5. The second-order valence-electron chi connectivity index (χ2n) is 5.93. The Balaban J connectivity index is 1.43. The summed E-state index contributed by atoms with van der Waals surface area (Å²) in [7, 11) is -3.31. The third-order valence-electron chi connectivity index (χ3n) is 3.88. The van der Waals surface area contributed by atoms with E-state index in [1.165, 1.54) is 0 Å². The molecule has 0 aliphatic rings. The monoisotopic (exact) mass is 371 g/mol. The molecule has 0 atom stereocenters. The topological polar surface area (TPSA) is 85.1 Å². The highest BCUT2D eigenvalue weighted by molar-refractivity contribution is 7.89. The largest absolute Gasteiger partial charge is 0.339 e. The predicted molar refractivity (Wildman–Crippen MR) is 100.0 cm³/mol. The van der Waals surface area contributed by atoms with Crippen molar-refractivity contribution in [2.45, 2.75) is 19.3 Å². The van der Waals surface area contributed by atoms with Gasteiger partial charge < -0.3 is 4.52 Å². The molecule has 0 fully saturated rings. The van der Waals surface area contributed by atoms with Crippen LogP contribution in [0, 0.1) is 0 Å². The van der Waals surface area contributed by atoms with Crippen LogP contribution in [0.5, 0.6) is 0 Å². The van der Waals surface area contributed by atoms with Gasteiger partial charge in [-0.25, -0.2) is 13.1 Å². The zero-order valence-corrected chi connectivity index (χ0v) is 15.2. The molecule has 0 amide bonds. The molecule has 136 valence electrons. The summed E-state index contributed by atoms with van der Waals surface area (Å²) in [4.78, 5) is 4.29. The Labute approximate surface area is 153 Å². The van der Waals surface area contributed by atoms with Gasteiger partial charge in [-0.3, -0.25) is 0 Å². The quantitative estimate of drug-likeness (QED) is 0.625. The molecule has 2 aromatic carbocycles. The maximum absolute atomic E-state index is 12.1. The highest BCUT2D eigenvalue weighted by Gasteiger charge is 2.12. The number of nitrogens with zero attached hydrogens (tertiary/aromatic N) is 2. The molecule has 0 bridgehead atoms. The van der Waals surface area contributed by atoms with Crippen molar-refractivity contribution >= 4 is 10.0 Å². The Hall–Kier alpha value is -2.51. The Bertz CT molecular complexity index is 909. The van der Waals surface area contributed by atoms with Crippen molar-refractivity contribution in [2.75, 3.05) is 12.3 Å². The molecule has 0 unspecified atom stereocenters. The fourth-order valence-electron chi connectivity index (χ4n) is 2.56. The molecule has 0 radical (unpaired) electrons. The van der Waals surface area contributed by atoms with Crippen molar-refractivity contribution in [1.29, 1.82) is 0 Å². The van der Waals surface area contributed by atoms with Crippen LogP contribution < -0.4 is 4.72 Å². The Morgan fingerprint density at radius 1 is 0.923 bits per heavy atom. The van der Waals surface area contributed by atoms with E-state index in [4.69, 9.17) is 4.52 Å². The fraction of sp³-hybridized carbons (Fsp3) is 0.263. The van der Waals surface area contributed by atoms with E-state index in [9.17, 15) is 8.42 Å². The van der Waals surface area contributed by atoms with E-state index >= 15 is 0 Å². The first-order chi connectivity index (χ1) is 12.6. The number of rotatable bonds is 9. The number of aryl methyl sites for hydroxylation is 1. The van der Waals surface area contributed by atoms with E-state index in [1.807, 2.05) is 60.7 Å². The fourth-order valence-corrected chi connectivity index (χ4v) is 3.64. The zero-order valence-electron chi connectivity index (χ0n) is 14.3. The molecule has 26 heavy (non-hydrogen) atoms. The Kier molecular flexibility index (Phi) is 6.14. The highest BCUT2D eigenvalue weighted by atomic mass is 32.2. The second kappa shape index (κ2) is 8.73. The molecule has 6 nitrogen and oxygen atoms in total. The first kappa shape index (κ1) is 18.3. The van der Waals surface area contributed by atoms with Gasteiger partial charge in [0.1, 0.15) is 0 Å². The van der Waals surface area contributed by atoms with E-state index in [1.54, 1.807) is 0 Å². The van der Waals surface area contributed by atoms with Crippen LogP contribution in [0.25, 0.3) is 11.4 Å². The lowest BCUT2D eigenvalue weighted by Gasteiger charge is -2.05. The molecular weight excluding hydrogens is 350 g/mol. The lowest BCUT2D eigenvalue weighted by molar-refractivity contribution is 0.379. The smallest absolute Gasteiger partial charge is 0.228 e. The molecule has 0 aliphatic carbocycles. The SMILES string of the molecule is O=S(=O)(CCCc1ccccc1)NCCc1nc(-c2ccccc2)no1. The van der Waals surface area contributed by atoms with Crippen molar-refractivity contribution in [3.63, 3.8) is 0 Å². The van der Waals surface area contributed by atoms with E-state index in [0.29, 0.717) is 24.6 Å². The molecule has 1 aromatic heterocycles. The Morgan fingerprint density at radius 2 is 1.62 bits per heavy atom. The van der Waals surface area contributed by atoms with E-state index < -0.39 is 10.0 Å². The average Bonchev–Trinajstić information content (AvgIpc) is 3.12. The van der Waals surface area contributed by atoms with Crippen molar-refractivity contribution in [3.8, 4) is 11.4 Å². The van der Waals surface area contributed by atoms with Crippen LogP contribution in [0.15, 0.2) is 65.2 Å². The summed E-state index contributed by atoms with van der Waals surface area (Å²) in [6.45, 7) is 0.240. The number of hydrogen-bond donors (Lipinski definition) is 1. The van der Waals surface area contributed by atoms with Gasteiger partial charge in [-0.05, 0) is 18.4 Å². The summed E-state index contributed by atoms with van der Waals surface area (Å²) in [6.07, 6.45) is 1.68. The third-order valence-corrected chi connectivity index (χ3v) is 5.35. The molecule has 0 saturated carbocycles. The molecule has 3 rings (SSSR count). The first-order valence-corrected chi connectivity index (χ1v) is 10.2. The number of sulfonamides is 1. The summed E-state index contributed by atoms with van der Waals surface area (Å²) in [6, 6.07) is 19.4. The van der Waals surface area contributed by atoms with Gasteiger partial charge >= 0.3 is 0 Å². The lowest BCUT2D eigenvalue weighted by atomic mass is 10.1. The number of nitrogens with one attached hydrogen (secondary N) is 1. The molecule has 7 heteroatoms. The van der Waals surface area contributed by atoms with Crippen LogP contribution in [0.3, 0.4) is 0 Å². The summed E-state index contributed by atoms with van der Waals surface area (Å²) in [5.41, 5.74) is 2.01. The normalized spacial score (nSPS) is 11.5. The highest BCUT2D eigenvalue weighted by Crippen LogP contribution is 2.14. The molecule has 0 aliphatic heterocycles. The number of aromatic nitrogens is 2. The van der Waals surface area contributed by atoms with Crippen molar-refractivity contribution in [3.05, 3.63) is 72.1 Å². The maximum atomic E-state index is 12.1. The molecule has 0 saturated heterocycles. The zero-order chi connectivity index (χ0) is 18.2. The van der Waals surface area contributed by atoms with Gasteiger partial charge in [0.25, 0.3) is 0 Å². The first-order valence-electron chi connectivity index (χ1n) is 8.52. The van der Waals surface area contributed by atoms with Crippen molar-refractivity contribution in [1.82, 2.24) is 14.9 Å². The van der Waals surface area contributed by atoms with E-state index in [0.717, 1.165) is 17.5 Å². The molecule has 0 spiro atoms. The minimum atomic E-state index is -3.31. The van der Waals surface area contributed by atoms with Gasteiger partial charge in [0, 0.05) is 18.5 Å². The summed E-state index contributed by atoms with van der Waals surface area (Å²) in [5, 5.41) is 3.92. The summed E-state index contributed by atoms with van der Waals surface area (Å²) < 4.78 is 31.9. The van der Waals surface area contributed by atoms with E-state index in [2.05, 4.69) is 14.9 Å². The Morgan fingerprint density at radius 3 is 2.35 bits per heavy atom. The molecule has 1 heterocycles. The van der Waals surface area contributed by atoms with Crippen LogP contribution in [-0.2, 0) is 22.9 Å². The summed E-state index contributed by atoms with van der Waals surface area (Å²) >= 11 is 0. The molecular formula is C19H21N3O3S. The van der Waals surface area contributed by atoms with Crippen molar-refractivity contribution < 1.29 is 12.9 Å². The third kappa shape index (κ3) is 5.50. The van der Waals surface area contributed by atoms with E-state index in [-0.39, 0.29) is 12.3 Å². The van der Waals surface area contributed by atoms with Crippen LogP contribution in [-0.4, -0.2) is 30.9 Å². The van der Waals surface area contributed by atoms with Crippen LogP contribution in [0.1, 0.15) is 17.9 Å². The van der Waals surface area contributed by atoms with Gasteiger partial charge in [-0.1, -0.05) is 65.8 Å². The minimum absolute atomic E-state index is 0.0982. The molecule has 1 N–H and O–H groups in total. The summed E-state index contributed by atoms with van der Waals surface area (Å²) in [5.74, 6) is 1.02. The van der Waals surface area contributed by atoms with Crippen LogP contribution in [0.2, 0.25) is 0 Å². The molecule has 3 aromatic rings. The van der Waals surface area contributed by atoms with Gasteiger partial charge in [0.05, 0.1) is 5.75 Å². The maximum Gasteiger partial charge on any atom is 0.228 e. The minimum Gasteiger partial charge on any atom is -0.339 e. The van der Waals surface area contributed by atoms with Gasteiger partial charge in [0.15, 0.2) is 0 Å². The number of benzene rings is 2. The van der Waals surface area contributed by atoms with Gasteiger partial charge in [-0.2, -0.15) is 4.98 Å². The predicted octanol–water partition coefficient (Wildman–Crippen LogP) is 2.83. The second-order valence-corrected chi connectivity index (χ2v) is 7.86. The van der Waals surface area contributed by atoms with Gasteiger partial charge in [0.2, 0.25) is 21.7 Å². The van der Waals surface area contributed by atoms with Crippen molar-refractivity contribution in [2.24, 2.45) is 0 Å². The van der Waals surface area contributed by atoms with Crippen LogP contribution in [0.4, 0.5) is 0 Å².